The van der Waals surface area contributed by atoms with Gasteiger partial charge in [0.25, 0.3) is 0 Å². The molecule has 1 aromatic rings. The normalized spacial score (nSPS) is 12.7. The maximum absolute atomic E-state index is 12.9. The summed E-state index contributed by atoms with van der Waals surface area (Å²) < 4.78 is 39.5. The van der Waals surface area contributed by atoms with Crippen molar-refractivity contribution in [2.75, 3.05) is 12.4 Å². The Morgan fingerprint density at radius 2 is 2.00 bits per heavy atom. The first-order valence-corrected chi connectivity index (χ1v) is 7.51. The highest BCUT2D eigenvalue weighted by atomic mass is 35.5. The Morgan fingerprint density at radius 1 is 1.39 bits per heavy atom. The van der Waals surface area contributed by atoms with Crippen LogP contribution >= 0.6 is 11.6 Å². The van der Waals surface area contributed by atoms with Crippen LogP contribution in [0.4, 0.5) is 4.39 Å². The van der Waals surface area contributed by atoms with Crippen LogP contribution in [0.25, 0.3) is 0 Å². The largest absolute Gasteiger partial charge is 0.240 e. The Morgan fingerprint density at radius 3 is 2.50 bits per heavy atom. The van der Waals surface area contributed by atoms with E-state index in [9.17, 15) is 12.8 Å². The molecular weight excluding hydrogens is 277 g/mol. The van der Waals surface area contributed by atoms with Crippen LogP contribution in [0.1, 0.15) is 19.4 Å². The molecule has 0 amide bonds. The minimum Gasteiger partial charge on any atom is -0.211 e. The van der Waals surface area contributed by atoms with Gasteiger partial charge in [-0.2, -0.15) is 0 Å². The summed E-state index contributed by atoms with van der Waals surface area (Å²) in [4.78, 5) is 0.0919. The fourth-order valence-corrected chi connectivity index (χ4v) is 2.89. The average molecular weight is 294 g/mol. The molecule has 0 heterocycles. The topological polar surface area (TPSA) is 46.2 Å². The first-order chi connectivity index (χ1) is 8.18. The van der Waals surface area contributed by atoms with Crippen LogP contribution in [0, 0.1) is 18.2 Å². The van der Waals surface area contributed by atoms with E-state index < -0.39 is 15.8 Å². The molecule has 6 heteroatoms. The lowest BCUT2D eigenvalue weighted by atomic mass is 9.97. The van der Waals surface area contributed by atoms with Gasteiger partial charge < -0.3 is 0 Å². The molecule has 0 radical (unpaired) electrons. The lowest BCUT2D eigenvalue weighted by Crippen LogP contribution is -2.35. The van der Waals surface area contributed by atoms with E-state index in [0.717, 1.165) is 6.07 Å². The number of sulfonamides is 1. The van der Waals surface area contributed by atoms with E-state index >= 15 is 0 Å². The Hall–Kier alpha value is -0.650. The molecule has 0 fully saturated rings. The SMILES string of the molecule is Cc1cc(F)ccc1S(=O)(=O)NCC(C)(C)CCl. The summed E-state index contributed by atoms with van der Waals surface area (Å²) >= 11 is 5.74. The van der Waals surface area contributed by atoms with Crippen LogP contribution in [0.3, 0.4) is 0 Å². The minimum atomic E-state index is -3.63. The summed E-state index contributed by atoms with van der Waals surface area (Å²) in [6.45, 7) is 5.51. The van der Waals surface area contributed by atoms with Gasteiger partial charge in [-0.05, 0) is 36.1 Å². The van der Waals surface area contributed by atoms with Crippen LogP contribution in [-0.4, -0.2) is 20.8 Å². The smallest absolute Gasteiger partial charge is 0.211 e. The molecular formula is C12H17ClFNO2S. The van der Waals surface area contributed by atoms with Crippen LogP contribution < -0.4 is 4.72 Å². The lowest BCUT2D eigenvalue weighted by molar-refractivity contribution is 0.414. The summed E-state index contributed by atoms with van der Waals surface area (Å²) in [7, 11) is -3.63. The van der Waals surface area contributed by atoms with Crippen LogP contribution in [0.5, 0.6) is 0 Å². The van der Waals surface area contributed by atoms with Crippen molar-refractivity contribution in [2.45, 2.75) is 25.7 Å². The van der Waals surface area contributed by atoms with Gasteiger partial charge in [0.05, 0.1) is 4.90 Å². The maximum Gasteiger partial charge on any atom is 0.240 e. The van der Waals surface area contributed by atoms with Crippen molar-refractivity contribution < 1.29 is 12.8 Å². The second-order valence-corrected chi connectivity index (χ2v) is 7.03. The highest BCUT2D eigenvalue weighted by molar-refractivity contribution is 7.89. The number of nitrogens with one attached hydrogen (secondary N) is 1. The van der Waals surface area contributed by atoms with Gasteiger partial charge in [0.1, 0.15) is 5.82 Å². The van der Waals surface area contributed by atoms with Crippen molar-refractivity contribution in [3.8, 4) is 0 Å². The predicted molar refractivity (Wildman–Crippen MR) is 70.8 cm³/mol. The molecule has 0 aliphatic heterocycles. The number of halogens is 2. The monoisotopic (exact) mass is 293 g/mol. The van der Waals surface area contributed by atoms with E-state index in [1.807, 2.05) is 13.8 Å². The maximum atomic E-state index is 12.9. The number of hydrogen-bond donors (Lipinski definition) is 1. The molecule has 0 spiro atoms. The third-order valence-electron chi connectivity index (χ3n) is 2.53. The van der Waals surface area contributed by atoms with Crippen LogP contribution in [0.15, 0.2) is 23.1 Å². The van der Waals surface area contributed by atoms with Crippen molar-refractivity contribution in [3.63, 3.8) is 0 Å². The number of hydrogen-bond acceptors (Lipinski definition) is 2. The number of rotatable bonds is 5. The summed E-state index contributed by atoms with van der Waals surface area (Å²) in [5.74, 6) is -0.106. The van der Waals surface area contributed by atoms with Gasteiger partial charge in [-0.25, -0.2) is 17.5 Å². The molecule has 0 atom stereocenters. The molecule has 3 nitrogen and oxygen atoms in total. The molecule has 18 heavy (non-hydrogen) atoms. The van der Waals surface area contributed by atoms with Crippen molar-refractivity contribution in [2.24, 2.45) is 5.41 Å². The highest BCUT2D eigenvalue weighted by Gasteiger charge is 2.22. The first kappa shape index (κ1) is 15.4. The summed E-state index contributed by atoms with van der Waals surface area (Å²) in [5, 5.41) is 0. The van der Waals surface area contributed by atoms with Crippen LogP contribution in [0.2, 0.25) is 0 Å². The summed E-state index contributed by atoms with van der Waals surface area (Å²) in [6.07, 6.45) is 0. The molecule has 0 bridgehead atoms. The Labute approximate surface area is 112 Å². The van der Waals surface area contributed by atoms with Gasteiger partial charge in [0, 0.05) is 12.4 Å². The number of alkyl halides is 1. The lowest BCUT2D eigenvalue weighted by Gasteiger charge is -2.21. The standard InChI is InChI=1S/C12H17ClFNO2S/c1-9-6-10(14)4-5-11(9)18(16,17)15-8-12(2,3)7-13/h4-6,15H,7-8H2,1-3H3. The summed E-state index contributed by atoms with van der Waals surface area (Å²) in [6, 6.07) is 3.59. The van der Waals surface area contributed by atoms with Crippen molar-refractivity contribution >= 4 is 21.6 Å². The zero-order valence-electron chi connectivity index (χ0n) is 10.6. The van der Waals surface area contributed by atoms with Crippen molar-refractivity contribution in [1.82, 2.24) is 4.72 Å². The molecule has 0 unspecified atom stereocenters. The zero-order valence-corrected chi connectivity index (χ0v) is 12.2. The molecule has 0 aliphatic carbocycles. The highest BCUT2D eigenvalue weighted by Crippen LogP contribution is 2.19. The van der Waals surface area contributed by atoms with E-state index in [1.54, 1.807) is 6.92 Å². The average Bonchev–Trinajstić information content (AvgIpc) is 2.26. The molecule has 1 rings (SSSR count). The molecule has 1 aromatic carbocycles. The Balaban J connectivity index is 2.94. The van der Waals surface area contributed by atoms with Gasteiger partial charge in [-0.15, -0.1) is 11.6 Å². The Bertz CT molecular complexity index is 529. The van der Waals surface area contributed by atoms with E-state index in [0.29, 0.717) is 11.4 Å². The van der Waals surface area contributed by atoms with Gasteiger partial charge in [0.2, 0.25) is 10.0 Å². The fourth-order valence-electron chi connectivity index (χ4n) is 1.33. The molecule has 1 N–H and O–H groups in total. The molecule has 0 aliphatic rings. The van der Waals surface area contributed by atoms with E-state index in [1.165, 1.54) is 12.1 Å². The second-order valence-electron chi connectivity index (χ2n) is 5.03. The van der Waals surface area contributed by atoms with Gasteiger partial charge in [0.15, 0.2) is 0 Å². The first-order valence-electron chi connectivity index (χ1n) is 5.50. The Kier molecular flexibility index (Phi) is 4.75. The van der Waals surface area contributed by atoms with Gasteiger partial charge in [-0.1, -0.05) is 13.8 Å². The number of aryl methyl sites for hydroxylation is 1. The minimum absolute atomic E-state index is 0.0919. The van der Waals surface area contributed by atoms with E-state index in [2.05, 4.69) is 4.72 Å². The molecule has 0 saturated heterocycles. The van der Waals surface area contributed by atoms with Gasteiger partial charge in [-0.3, -0.25) is 0 Å². The fraction of sp³-hybridized carbons (Fsp3) is 0.500. The third kappa shape index (κ3) is 3.93. The molecule has 0 saturated carbocycles. The molecule has 0 aromatic heterocycles. The predicted octanol–water partition coefficient (Wildman–Crippen LogP) is 2.68. The van der Waals surface area contributed by atoms with Crippen molar-refractivity contribution in [3.05, 3.63) is 29.6 Å². The number of benzene rings is 1. The second kappa shape index (κ2) is 5.55. The quantitative estimate of drug-likeness (QED) is 0.849. The van der Waals surface area contributed by atoms with E-state index in [4.69, 9.17) is 11.6 Å². The third-order valence-corrected chi connectivity index (χ3v) is 4.81. The molecule has 102 valence electrons. The van der Waals surface area contributed by atoms with Crippen LogP contribution in [-0.2, 0) is 10.0 Å². The summed E-state index contributed by atoms with van der Waals surface area (Å²) in [5.41, 5.74) is 0.0499. The van der Waals surface area contributed by atoms with Gasteiger partial charge >= 0.3 is 0 Å². The zero-order chi connectivity index (χ0) is 14.0. The van der Waals surface area contributed by atoms with Crippen molar-refractivity contribution in [1.29, 1.82) is 0 Å². The van der Waals surface area contributed by atoms with E-state index in [-0.39, 0.29) is 16.9 Å².